The van der Waals surface area contributed by atoms with E-state index in [1.165, 1.54) is 12.5 Å². The summed E-state index contributed by atoms with van der Waals surface area (Å²) in [6, 6.07) is 14.0. The zero-order valence-electron chi connectivity index (χ0n) is 16.8. The third-order valence-corrected chi connectivity index (χ3v) is 5.29. The maximum absolute atomic E-state index is 13.0. The third-order valence-electron chi connectivity index (χ3n) is 5.29. The van der Waals surface area contributed by atoms with Crippen molar-refractivity contribution in [2.45, 2.75) is 58.3 Å². The maximum atomic E-state index is 13.0. The van der Waals surface area contributed by atoms with E-state index < -0.39 is 5.41 Å². The highest BCUT2D eigenvalue weighted by Gasteiger charge is 2.51. The molecular formula is C23H28N2O2. The summed E-state index contributed by atoms with van der Waals surface area (Å²) in [6.45, 7) is 9.96. The standard InChI is InChI=1S/C23H28N2O2/c1-15-6-11-19(14-20(15)24-16(2)26)25-21(27)23(12-13-23)18-9-7-17(8-10-18)22(3,4)5/h6-11,14H,12-13H2,1-5H3,(H,24,26)(H,25,27). The molecule has 0 radical (unpaired) electrons. The molecule has 0 spiro atoms. The SMILES string of the molecule is CC(=O)Nc1cc(NC(=O)C2(c3ccc(C(C)(C)C)cc3)CC2)ccc1C. The summed E-state index contributed by atoms with van der Waals surface area (Å²) in [5.74, 6) is -0.109. The van der Waals surface area contributed by atoms with Crippen LogP contribution in [0.3, 0.4) is 0 Å². The Labute approximate surface area is 161 Å². The van der Waals surface area contributed by atoms with Gasteiger partial charge in [-0.2, -0.15) is 0 Å². The normalized spacial score (nSPS) is 15.1. The molecule has 0 unspecified atom stereocenters. The number of nitrogens with one attached hydrogen (secondary N) is 2. The van der Waals surface area contributed by atoms with Crippen LogP contribution in [0.4, 0.5) is 11.4 Å². The monoisotopic (exact) mass is 364 g/mol. The highest BCUT2D eigenvalue weighted by molar-refractivity contribution is 6.02. The first kappa shape index (κ1) is 19.2. The van der Waals surface area contributed by atoms with Crippen molar-refractivity contribution in [2.75, 3.05) is 10.6 Å². The lowest BCUT2D eigenvalue weighted by Gasteiger charge is -2.21. The zero-order valence-corrected chi connectivity index (χ0v) is 16.8. The first-order valence-corrected chi connectivity index (χ1v) is 9.42. The molecule has 2 aromatic rings. The summed E-state index contributed by atoms with van der Waals surface area (Å²) in [4.78, 5) is 24.4. The van der Waals surface area contributed by atoms with Gasteiger partial charge >= 0.3 is 0 Å². The Morgan fingerprint density at radius 2 is 1.59 bits per heavy atom. The largest absolute Gasteiger partial charge is 0.326 e. The van der Waals surface area contributed by atoms with Crippen molar-refractivity contribution in [3.63, 3.8) is 0 Å². The lowest BCUT2D eigenvalue weighted by molar-refractivity contribution is -0.118. The van der Waals surface area contributed by atoms with Crippen LogP contribution >= 0.6 is 0 Å². The zero-order chi connectivity index (χ0) is 19.8. The maximum Gasteiger partial charge on any atom is 0.235 e. The Hall–Kier alpha value is -2.62. The molecule has 2 aromatic carbocycles. The Bertz CT molecular complexity index is 872. The molecule has 1 aliphatic carbocycles. The van der Waals surface area contributed by atoms with Crippen molar-refractivity contribution in [1.29, 1.82) is 0 Å². The van der Waals surface area contributed by atoms with E-state index in [0.29, 0.717) is 5.69 Å². The first-order chi connectivity index (χ1) is 12.6. The molecule has 4 heteroatoms. The summed E-state index contributed by atoms with van der Waals surface area (Å²) in [5.41, 5.74) is 4.38. The van der Waals surface area contributed by atoms with Gasteiger partial charge in [0.25, 0.3) is 0 Å². The fraction of sp³-hybridized carbons (Fsp3) is 0.391. The smallest absolute Gasteiger partial charge is 0.235 e. The molecule has 27 heavy (non-hydrogen) atoms. The topological polar surface area (TPSA) is 58.2 Å². The molecule has 0 heterocycles. The Morgan fingerprint density at radius 1 is 0.963 bits per heavy atom. The number of hydrogen-bond donors (Lipinski definition) is 2. The number of carbonyl (C=O) groups is 2. The second-order valence-corrected chi connectivity index (χ2v) is 8.57. The van der Waals surface area contributed by atoms with Gasteiger partial charge in [-0.3, -0.25) is 9.59 Å². The van der Waals surface area contributed by atoms with Crippen molar-refractivity contribution < 1.29 is 9.59 Å². The van der Waals surface area contributed by atoms with Gasteiger partial charge in [0.15, 0.2) is 0 Å². The van der Waals surface area contributed by atoms with E-state index in [2.05, 4.69) is 55.7 Å². The molecule has 1 aliphatic rings. The molecule has 4 nitrogen and oxygen atoms in total. The van der Waals surface area contributed by atoms with Crippen LogP contribution in [0.25, 0.3) is 0 Å². The number of carbonyl (C=O) groups excluding carboxylic acids is 2. The predicted octanol–water partition coefficient (Wildman–Crippen LogP) is 4.92. The van der Waals surface area contributed by atoms with Gasteiger partial charge in [0.1, 0.15) is 0 Å². The van der Waals surface area contributed by atoms with Crippen LogP contribution in [0.1, 0.15) is 57.2 Å². The molecule has 0 bridgehead atoms. The lowest BCUT2D eigenvalue weighted by atomic mass is 9.85. The summed E-state index contributed by atoms with van der Waals surface area (Å²) < 4.78 is 0. The average molecular weight is 364 g/mol. The van der Waals surface area contributed by atoms with Gasteiger partial charge in [-0.05, 0) is 54.0 Å². The minimum atomic E-state index is -0.435. The van der Waals surface area contributed by atoms with Gasteiger partial charge in [-0.25, -0.2) is 0 Å². The van der Waals surface area contributed by atoms with Gasteiger partial charge in [-0.1, -0.05) is 51.1 Å². The van der Waals surface area contributed by atoms with Crippen LogP contribution in [-0.4, -0.2) is 11.8 Å². The molecule has 1 fully saturated rings. The third kappa shape index (κ3) is 4.05. The second kappa shape index (κ2) is 6.84. The van der Waals surface area contributed by atoms with E-state index >= 15 is 0 Å². The summed E-state index contributed by atoms with van der Waals surface area (Å²) in [7, 11) is 0. The molecule has 3 rings (SSSR count). The van der Waals surface area contributed by atoms with Gasteiger partial charge < -0.3 is 10.6 Å². The number of aryl methyl sites for hydroxylation is 1. The number of anilines is 2. The number of hydrogen-bond acceptors (Lipinski definition) is 2. The number of rotatable bonds is 4. The minimum Gasteiger partial charge on any atom is -0.326 e. The van der Waals surface area contributed by atoms with Crippen LogP contribution < -0.4 is 10.6 Å². The van der Waals surface area contributed by atoms with E-state index in [1.54, 1.807) is 0 Å². The van der Waals surface area contributed by atoms with Gasteiger partial charge in [0, 0.05) is 18.3 Å². The van der Waals surface area contributed by atoms with Crippen LogP contribution in [-0.2, 0) is 20.4 Å². The van der Waals surface area contributed by atoms with E-state index in [9.17, 15) is 9.59 Å². The van der Waals surface area contributed by atoms with Gasteiger partial charge in [0.05, 0.1) is 5.41 Å². The van der Waals surface area contributed by atoms with Gasteiger partial charge in [-0.15, -0.1) is 0 Å². The fourth-order valence-corrected chi connectivity index (χ4v) is 3.34. The predicted molar refractivity (Wildman–Crippen MR) is 110 cm³/mol. The molecule has 0 aliphatic heterocycles. The quantitative estimate of drug-likeness (QED) is 0.809. The van der Waals surface area contributed by atoms with E-state index in [1.807, 2.05) is 25.1 Å². The van der Waals surface area contributed by atoms with Crippen LogP contribution in [0.2, 0.25) is 0 Å². The lowest BCUT2D eigenvalue weighted by Crippen LogP contribution is -2.28. The molecule has 1 saturated carbocycles. The molecule has 0 saturated heterocycles. The number of amides is 2. The van der Waals surface area contributed by atoms with Crippen molar-refractivity contribution in [2.24, 2.45) is 0 Å². The fourth-order valence-electron chi connectivity index (χ4n) is 3.34. The van der Waals surface area contributed by atoms with E-state index in [-0.39, 0.29) is 17.2 Å². The second-order valence-electron chi connectivity index (χ2n) is 8.57. The molecule has 2 N–H and O–H groups in total. The van der Waals surface area contributed by atoms with Crippen molar-refractivity contribution >= 4 is 23.2 Å². The van der Waals surface area contributed by atoms with E-state index in [0.717, 1.165) is 29.7 Å². The van der Waals surface area contributed by atoms with Gasteiger partial charge in [0.2, 0.25) is 11.8 Å². The highest BCUT2D eigenvalue weighted by Crippen LogP contribution is 2.49. The van der Waals surface area contributed by atoms with Crippen molar-refractivity contribution in [3.05, 3.63) is 59.2 Å². The Balaban J connectivity index is 1.79. The number of benzene rings is 2. The van der Waals surface area contributed by atoms with Crippen molar-refractivity contribution in [1.82, 2.24) is 0 Å². The Morgan fingerprint density at radius 3 is 2.11 bits per heavy atom. The summed E-state index contributed by atoms with van der Waals surface area (Å²) in [6.07, 6.45) is 1.72. The first-order valence-electron chi connectivity index (χ1n) is 9.42. The van der Waals surface area contributed by atoms with Crippen molar-refractivity contribution in [3.8, 4) is 0 Å². The van der Waals surface area contributed by atoms with Crippen LogP contribution in [0.15, 0.2) is 42.5 Å². The average Bonchev–Trinajstić information content (AvgIpc) is 3.39. The molecule has 0 atom stereocenters. The molecule has 142 valence electrons. The Kier molecular flexibility index (Phi) is 4.85. The minimum absolute atomic E-state index is 0.0173. The highest BCUT2D eigenvalue weighted by atomic mass is 16.2. The molecule has 0 aromatic heterocycles. The van der Waals surface area contributed by atoms with Crippen LogP contribution in [0.5, 0.6) is 0 Å². The van der Waals surface area contributed by atoms with E-state index in [4.69, 9.17) is 0 Å². The summed E-state index contributed by atoms with van der Waals surface area (Å²) in [5, 5.41) is 5.84. The summed E-state index contributed by atoms with van der Waals surface area (Å²) >= 11 is 0. The molecule has 2 amide bonds. The molecular weight excluding hydrogens is 336 g/mol. The van der Waals surface area contributed by atoms with Crippen LogP contribution in [0, 0.1) is 6.92 Å².